The van der Waals surface area contributed by atoms with Gasteiger partial charge in [-0.05, 0) is 40.5 Å². The molecule has 1 fully saturated rings. The average molecular weight is 296 g/mol. The van der Waals surface area contributed by atoms with E-state index >= 15 is 0 Å². The number of carbonyl (C=O) groups excluding carboxylic acids is 1. The van der Waals surface area contributed by atoms with Gasteiger partial charge in [0.15, 0.2) is 11.5 Å². The van der Waals surface area contributed by atoms with Gasteiger partial charge in [-0.1, -0.05) is 0 Å². The zero-order valence-electron chi connectivity index (χ0n) is 12.7. The van der Waals surface area contributed by atoms with Gasteiger partial charge in [-0.25, -0.2) is 0 Å². The molecule has 0 radical (unpaired) electrons. The van der Waals surface area contributed by atoms with Crippen molar-refractivity contribution in [3.8, 4) is 5.75 Å². The number of anilines is 2. The Labute approximate surface area is 124 Å². The minimum atomic E-state index is 0.0464. The van der Waals surface area contributed by atoms with Crippen molar-refractivity contribution in [1.82, 2.24) is 0 Å². The molecule has 0 aromatic carbocycles. The topological polar surface area (TPSA) is 55.6 Å². The lowest BCUT2D eigenvalue weighted by Gasteiger charge is -2.21. The van der Waals surface area contributed by atoms with Crippen molar-refractivity contribution in [2.24, 2.45) is 5.92 Å². The molecule has 0 spiro atoms. The Bertz CT molecular complexity index is 488. The maximum atomic E-state index is 12.3. The van der Waals surface area contributed by atoms with Crippen LogP contribution in [0.25, 0.3) is 0 Å². The zero-order chi connectivity index (χ0) is 14.9. The van der Waals surface area contributed by atoms with E-state index in [-0.39, 0.29) is 17.8 Å². The molecule has 2 rings (SSSR count). The Hall–Kier alpha value is -1.23. The summed E-state index contributed by atoms with van der Waals surface area (Å²) in [5.41, 5.74) is 6.73. The van der Waals surface area contributed by atoms with E-state index in [1.165, 1.54) is 11.3 Å². The molecule has 0 unspecified atom stereocenters. The standard InChI is InChI=1S/C15H24N2O2S/c1-5-17(6-2)15-13(19-9(3)4)11(16)14(20-15)12(18)10-7-8-10/h9-10H,5-8,16H2,1-4H3. The predicted molar refractivity (Wildman–Crippen MR) is 85.1 cm³/mol. The van der Waals surface area contributed by atoms with Crippen LogP contribution in [0.4, 0.5) is 10.7 Å². The van der Waals surface area contributed by atoms with Gasteiger partial charge in [0.2, 0.25) is 0 Å². The van der Waals surface area contributed by atoms with E-state index in [0.29, 0.717) is 16.3 Å². The van der Waals surface area contributed by atoms with E-state index in [4.69, 9.17) is 10.5 Å². The van der Waals surface area contributed by atoms with Crippen molar-refractivity contribution in [2.75, 3.05) is 23.7 Å². The Morgan fingerprint density at radius 1 is 1.40 bits per heavy atom. The van der Waals surface area contributed by atoms with E-state index in [2.05, 4.69) is 18.7 Å². The molecule has 2 N–H and O–H groups in total. The SMILES string of the molecule is CCN(CC)c1sc(C(=O)C2CC2)c(N)c1OC(C)C. The normalized spacial score (nSPS) is 14.7. The summed E-state index contributed by atoms with van der Waals surface area (Å²) < 4.78 is 5.88. The number of carbonyl (C=O) groups is 1. The van der Waals surface area contributed by atoms with Gasteiger partial charge < -0.3 is 15.4 Å². The number of ether oxygens (including phenoxy) is 1. The van der Waals surface area contributed by atoms with Crippen LogP contribution in [-0.2, 0) is 0 Å². The monoisotopic (exact) mass is 296 g/mol. The molecule has 20 heavy (non-hydrogen) atoms. The predicted octanol–water partition coefficient (Wildman–Crippen LogP) is 3.56. The number of nitrogen functional groups attached to an aromatic ring is 1. The fourth-order valence-corrected chi connectivity index (χ4v) is 3.50. The largest absolute Gasteiger partial charge is 0.486 e. The van der Waals surface area contributed by atoms with Crippen molar-refractivity contribution in [2.45, 2.75) is 46.6 Å². The third-order valence-corrected chi connectivity index (χ3v) is 4.72. The van der Waals surface area contributed by atoms with Crippen LogP contribution in [-0.4, -0.2) is 25.0 Å². The lowest BCUT2D eigenvalue weighted by Crippen LogP contribution is -2.22. The summed E-state index contributed by atoms with van der Waals surface area (Å²) in [6.07, 6.45) is 2.04. The van der Waals surface area contributed by atoms with Crippen molar-refractivity contribution in [3.05, 3.63) is 4.88 Å². The third-order valence-electron chi connectivity index (χ3n) is 3.46. The summed E-state index contributed by atoms with van der Waals surface area (Å²) in [6, 6.07) is 0. The summed E-state index contributed by atoms with van der Waals surface area (Å²) in [7, 11) is 0. The Kier molecular flexibility index (Phi) is 4.58. The minimum Gasteiger partial charge on any atom is -0.486 e. The van der Waals surface area contributed by atoms with Crippen LogP contribution in [0.1, 0.15) is 50.2 Å². The Morgan fingerprint density at radius 2 is 2.00 bits per heavy atom. The first-order valence-corrected chi connectivity index (χ1v) is 8.19. The van der Waals surface area contributed by atoms with Crippen LogP contribution in [0, 0.1) is 5.92 Å². The quantitative estimate of drug-likeness (QED) is 0.782. The van der Waals surface area contributed by atoms with E-state index in [1.807, 2.05) is 13.8 Å². The number of nitrogens with two attached hydrogens (primary N) is 1. The fraction of sp³-hybridized carbons (Fsp3) is 0.667. The molecule has 5 heteroatoms. The van der Waals surface area contributed by atoms with Crippen LogP contribution in [0.15, 0.2) is 0 Å². The highest BCUT2D eigenvalue weighted by molar-refractivity contribution is 7.19. The molecule has 1 aromatic rings. The molecule has 1 aromatic heterocycles. The summed E-state index contributed by atoms with van der Waals surface area (Å²) in [4.78, 5) is 15.2. The van der Waals surface area contributed by atoms with Crippen LogP contribution in [0.2, 0.25) is 0 Å². The first-order chi connectivity index (χ1) is 9.49. The van der Waals surface area contributed by atoms with Crippen molar-refractivity contribution >= 4 is 27.8 Å². The number of nitrogens with zero attached hydrogens (tertiary/aromatic N) is 1. The van der Waals surface area contributed by atoms with Crippen LogP contribution < -0.4 is 15.4 Å². The lowest BCUT2D eigenvalue weighted by molar-refractivity contribution is 0.0972. The molecular weight excluding hydrogens is 272 g/mol. The molecule has 1 aliphatic rings. The molecule has 0 bridgehead atoms. The second-order valence-electron chi connectivity index (χ2n) is 5.46. The van der Waals surface area contributed by atoms with Crippen molar-refractivity contribution in [1.29, 1.82) is 0 Å². The smallest absolute Gasteiger partial charge is 0.178 e. The molecular formula is C15H24N2O2S. The number of Topliss-reactive ketones (excluding diaryl/α,β-unsaturated/α-hetero) is 1. The maximum absolute atomic E-state index is 12.3. The van der Waals surface area contributed by atoms with E-state index in [9.17, 15) is 4.79 Å². The summed E-state index contributed by atoms with van der Waals surface area (Å²) in [6.45, 7) is 9.91. The van der Waals surface area contributed by atoms with E-state index in [1.54, 1.807) is 0 Å². The van der Waals surface area contributed by atoms with Crippen LogP contribution >= 0.6 is 11.3 Å². The van der Waals surface area contributed by atoms with Gasteiger partial charge in [-0.15, -0.1) is 11.3 Å². The molecule has 4 nitrogen and oxygen atoms in total. The highest BCUT2D eigenvalue weighted by Crippen LogP contribution is 2.48. The number of ketones is 1. The van der Waals surface area contributed by atoms with Crippen molar-refractivity contribution < 1.29 is 9.53 Å². The van der Waals surface area contributed by atoms with Gasteiger partial charge in [0, 0.05) is 19.0 Å². The van der Waals surface area contributed by atoms with E-state index in [0.717, 1.165) is 30.9 Å². The first kappa shape index (κ1) is 15.2. The number of rotatable bonds is 7. The lowest BCUT2D eigenvalue weighted by atomic mass is 10.2. The minimum absolute atomic E-state index is 0.0464. The fourth-order valence-electron chi connectivity index (χ4n) is 2.20. The second-order valence-corrected chi connectivity index (χ2v) is 6.46. The number of hydrogen-bond acceptors (Lipinski definition) is 5. The second kappa shape index (κ2) is 6.04. The van der Waals surface area contributed by atoms with E-state index < -0.39 is 0 Å². The highest BCUT2D eigenvalue weighted by Gasteiger charge is 2.35. The van der Waals surface area contributed by atoms with Gasteiger partial charge in [0.05, 0.1) is 16.7 Å². The van der Waals surface area contributed by atoms with Gasteiger partial charge in [0.1, 0.15) is 5.00 Å². The number of thiophene rings is 1. The van der Waals surface area contributed by atoms with Gasteiger partial charge in [-0.2, -0.15) is 0 Å². The van der Waals surface area contributed by atoms with Gasteiger partial charge >= 0.3 is 0 Å². The number of hydrogen-bond donors (Lipinski definition) is 1. The van der Waals surface area contributed by atoms with Crippen molar-refractivity contribution in [3.63, 3.8) is 0 Å². The van der Waals surface area contributed by atoms with Crippen LogP contribution in [0.5, 0.6) is 5.75 Å². The average Bonchev–Trinajstić information content (AvgIpc) is 3.20. The Morgan fingerprint density at radius 3 is 2.45 bits per heavy atom. The summed E-state index contributed by atoms with van der Waals surface area (Å²) in [5, 5.41) is 0.991. The molecule has 1 aliphatic carbocycles. The van der Waals surface area contributed by atoms with Gasteiger partial charge in [-0.3, -0.25) is 4.79 Å². The summed E-state index contributed by atoms with van der Waals surface area (Å²) >= 11 is 1.49. The van der Waals surface area contributed by atoms with Crippen LogP contribution in [0.3, 0.4) is 0 Å². The molecule has 1 saturated carbocycles. The Balaban J connectivity index is 2.41. The maximum Gasteiger partial charge on any atom is 0.178 e. The first-order valence-electron chi connectivity index (χ1n) is 7.37. The third kappa shape index (κ3) is 2.92. The molecule has 112 valence electrons. The molecule has 1 heterocycles. The molecule has 0 atom stereocenters. The highest BCUT2D eigenvalue weighted by atomic mass is 32.1. The zero-order valence-corrected chi connectivity index (χ0v) is 13.5. The van der Waals surface area contributed by atoms with Gasteiger partial charge in [0.25, 0.3) is 0 Å². The summed E-state index contributed by atoms with van der Waals surface area (Å²) in [5.74, 6) is 1.07. The molecule has 0 aliphatic heterocycles. The molecule has 0 saturated heterocycles. The molecule has 0 amide bonds.